The Kier molecular flexibility index (Phi) is 1.60. The molecule has 0 atom stereocenters. The summed E-state index contributed by atoms with van der Waals surface area (Å²) in [5, 5.41) is 10.7. The second kappa shape index (κ2) is 2.25. The van der Waals surface area contributed by atoms with E-state index in [1.54, 1.807) is 0 Å². The van der Waals surface area contributed by atoms with Gasteiger partial charge in [-0.15, -0.1) is 0 Å². The molecule has 1 saturated carbocycles. The monoisotopic (exact) mass is 129 g/mol. The molecule has 0 saturated heterocycles. The van der Waals surface area contributed by atoms with Crippen LogP contribution in [0.4, 0.5) is 4.79 Å². The molecule has 2 N–H and O–H groups in total. The highest BCUT2D eigenvalue weighted by Crippen LogP contribution is 2.25. The number of hydrogen-bond donors (Lipinski definition) is 2. The van der Waals surface area contributed by atoms with Gasteiger partial charge in [-0.25, -0.2) is 4.79 Å². The lowest BCUT2D eigenvalue weighted by Gasteiger charge is -2.31. The lowest BCUT2D eigenvalue weighted by molar-refractivity contribution is 0.170. The Hall–Kier alpha value is -0.730. The second-order valence-electron chi connectivity index (χ2n) is 2.72. The van der Waals surface area contributed by atoms with E-state index in [-0.39, 0.29) is 6.04 Å². The van der Waals surface area contributed by atoms with Crippen LogP contribution in [-0.2, 0) is 0 Å². The van der Waals surface area contributed by atoms with E-state index < -0.39 is 6.09 Å². The van der Waals surface area contributed by atoms with Gasteiger partial charge in [-0.1, -0.05) is 6.92 Å². The maximum Gasteiger partial charge on any atom is 0.404 e. The molecule has 1 amide bonds. The van der Waals surface area contributed by atoms with Crippen molar-refractivity contribution in [1.29, 1.82) is 0 Å². The average molecular weight is 129 g/mol. The van der Waals surface area contributed by atoms with E-state index in [4.69, 9.17) is 5.11 Å². The summed E-state index contributed by atoms with van der Waals surface area (Å²) in [7, 11) is 0. The summed E-state index contributed by atoms with van der Waals surface area (Å²) in [5.41, 5.74) is 0. The van der Waals surface area contributed by atoms with Gasteiger partial charge in [0, 0.05) is 6.04 Å². The summed E-state index contributed by atoms with van der Waals surface area (Å²) in [6, 6.07) is 0.234. The smallest absolute Gasteiger partial charge is 0.404 e. The van der Waals surface area contributed by atoms with Gasteiger partial charge >= 0.3 is 6.09 Å². The van der Waals surface area contributed by atoms with Crippen LogP contribution in [-0.4, -0.2) is 17.2 Å². The van der Waals surface area contributed by atoms with E-state index in [1.807, 2.05) is 0 Å². The predicted molar refractivity (Wildman–Crippen MR) is 33.3 cm³/mol. The minimum absolute atomic E-state index is 0.234. The molecule has 0 aromatic rings. The van der Waals surface area contributed by atoms with Gasteiger partial charge in [-0.3, -0.25) is 0 Å². The Morgan fingerprint density at radius 3 is 2.56 bits per heavy atom. The standard InChI is InChI=1S/C6H11NO2/c1-4-2-5(3-4)7-6(8)9/h4-5,7H,2-3H2,1H3,(H,8,9)/t4-,5-. The molecular formula is C6H11NO2. The number of rotatable bonds is 1. The number of carboxylic acid groups (broad SMARTS) is 1. The van der Waals surface area contributed by atoms with Gasteiger partial charge in [0.1, 0.15) is 0 Å². The van der Waals surface area contributed by atoms with Crippen LogP contribution >= 0.6 is 0 Å². The fourth-order valence-electron chi connectivity index (χ4n) is 1.19. The summed E-state index contributed by atoms with van der Waals surface area (Å²) in [5.74, 6) is 0.710. The summed E-state index contributed by atoms with van der Waals surface area (Å²) in [6.07, 6.45) is 1.12. The van der Waals surface area contributed by atoms with Gasteiger partial charge in [-0.05, 0) is 18.8 Å². The molecule has 0 bridgehead atoms. The van der Waals surface area contributed by atoms with Gasteiger partial charge in [-0.2, -0.15) is 0 Å². The topological polar surface area (TPSA) is 49.3 Å². The summed E-state index contributed by atoms with van der Waals surface area (Å²) >= 11 is 0. The molecule has 0 unspecified atom stereocenters. The molecule has 0 aliphatic heterocycles. The van der Waals surface area contributed by atoms with Crippen molar-refractivity contribution in [3.05, 3.63) is 0 Å². The molecule has 0 aromatic heterocycles. The van der Waals surface area contributed by atoms with Crippen molar-refractivity contribution < 1.29 is 9.90 Å². The fourth-order valence-corrected chi connectivity index (χ4v) is 1.19. The SMILES string of the molecule is C[C@H]1C[C@H](NC(=O)O)C1. The van der Waals surface area contributed by atoms with Crippen molar-refractivity contribution in [2.24, 2.45) is 5.92 Å². The highest BCUT2D eigenvalue weighted by Gasteiger charge is 2.26. The third-order valence-electron chi connectivity index (χ3n) is 1.70. The lowest BCUT2D eigenvalue weighted by Crippen LogP contribution is -2.42. The molecule has 0 heterocycles. The minimum Gasteiger partial charge on any atom is -0.465 e. The van der Waals surface area contributed by atoms with E-state index in [1.165, 1.54) is 0 Å². The maximum atomic E-state index is 10.00. The number of carbonyl (C=O) groups is 1. The molecule has 1 fully saturated rings. The van der Waals surface area contributed by atoms with Crippen LogP contribution in [0.3, 0.4) is 0 Å². The molecule has 1 aliphatic rings. The van der Waals surface area contributed by atoms with Crippen molar-refractivity contribution in [2.45, 2.75) is 25.8 Å². The average Bonchev–Trinajstić information content (AvgIpc) is 1.60. The molecule has 0 radical (unpaired) electrons. The molecule has 1 aliphatic carbocycles. The van der Waals surface area contributed by atoms with Crippen molar-refractivity contribution >= 4 is 6.09 Å². The predicted octanol–water partition coefficient (Wildman–Crippen LogP) is 1.05. The van der Waals surface area contributed by atoms with Crippen molar-refractivity contribution in [3.8, 4) is 0 Å². The Balaban J connectivity index is 2.11. The van der Waals surface area contributed by atoms with Crippen LogP contribution in [0.2, 0.25) is 0 Å². The Morgan fingerprint density at radius 2 is 2.22 bits per heavy atom. The third-order valence-corrected chi connectivity index (χ3v) is 1.70. The largest absolute Gasteiger partial charge is 0.465 e. The highest BCUT2D eigenvalue weighted by molar-refractivity contribution is 5.64. The van der Waals surface area contributed by atoms with Gasteiger partial charge < -0.3 is 10.4 Å². The number of hydrogen-bond acceptors (Lipinski definition) is 1. The van der Waals surface area contributed by atoms with E-state index >= 15 is 0 Å². The zero-order valence-electron chi connectivity index (χ0n) is 5.42. The first-order chi connectivity index (χ1) is 4.18. The molecule has 52 valence electrons. The van der Waals surface area contributed by atoms with Gasteiger partial charge in [0.05, 0.1) is 0 Å². The van der Waals surface area contributed by atoms with Gasteiger partial charge in [0.25, 0.3) is 0 Å². The van der Waals surface area contributed by atoms with Crippen LogP contribution in [0, 0.1) is 5.92 Å². The van der Waals surface area contributed by atoms with E-state index in [2.05, 4.69) is 12.2 Å². The zero-order chi connectivity index (χ0) is 6.85. The number of amides is 1. The van der Waals surface area contributed by atoms with Crippen LogP contribution in [0.5, 0.6) is 0 Å². The summed E-state index contributed by atoms with van der Waals surface area (Å²) in [4.78, 5) is 10.00. The van der Waals surface area contributed by atoms with Crippen LogP contribution < -0.4 is 5.32 Å². The third kappa shape index (κ3) is 1.59. The summed E-state index contributed by atoms with van der Waals surface area (Å²) in [6.45, 7) is 2.13. The number of nitrogens with one attached hydrogen (secondary N) is 1. The van der Waals surface area contributed by atoms with Crippen LogP contribution in [0.15, 0.2) is 0 Å². The fraction of sp³-hybridized carbons (Fsp3) is 0.833. The molecule has 9 heavy (non-hydrogen) atoms. The first-order valence-corrected chi connectivity index (χ1v) is 3.18. The van der Waals surface area contributed by atoms with Gasteiger partial charge in [0.2, 0.25) is 0 Å². The summed E-state index contributed by atoms with van der Waals surface area (Å²) < 4.78 is 0. The van der Waals surface area contributed by atoms with Crippen molar-refractivity contribution in [1.82, 2.24) is 5.32 Å². The first kappa shape index (κ1) is 6.39. The molecule has 1 rings (SSSR count). The Bertz CT molecular complexity index is 118. The minimum atomic E-state index is -0.896. The molecular weight excluding hydrogens is 118 g/mol. The lowest BCUT2D eigenvalue weighted by atomic mass is 9.82. The van der Waals surface area contributed by atoms with Crippen LogP contribution in [0.25, 0.3) is 0 Å². The second-order valence-corrected chi connectivity index (χ2v) is 2.72. The van der Waals surface area contributed by atoms with Gasteiger partial charge in [0.15, 0.2) is 0 Å². The molecule has 3 nitrogen and oxygen atoms in total. The Morgan fingerprint density at radius 1 is 1.67 bits per heavy atom. The molecule has 3 heteroatoms. The van der Waals surface area contributed by atoms with Crippen molar-refractivity contribution in [2.75, 3.05) is 0 Å². The van der Waals surface area contributed by atoms with E-state index in [0.29, 0.717) is 5.92 Å². The van der Waals surface area contributed by atoms with E-state index in [9.17, 15) is 4.79 Å². The Labute approximate surface area is 54.1 Å². The molecule has 0 aromatic carbocycles. The highest BCUT2D eigenvalue weighted by atomic mass is 16.4. The quantitative estimate of drug-likeness (QED) is 0.556. The maximum absolute atomic E-state index is 10.00. The van der Waals surface area contributed by atoms with Crippen molar-refractivity contribution in [3.63, 3.8) is 0 Å². The molecule has 0 spiro atoms. The zero-order valence-corrected chi connectivity index (χ0v) is 5.42. The normalized spacial score (nSPS) is 33.0. The van der Waals surface area contributed by atoms with Crippen LogP contribution in [0.1, 0.15) is 19.8 Å². The first-order valence-electron chi connectivity index (χ1n) is 3.18. The van der Waals surface area contributed by atoms with E-state index in [0.717, 1.165) is 12.8 Å².